The van der Waals surface area contributed by atoms with Gasteiger partial charge in [0.05, 0.1) is 0 Å². The van der Waals surface area contributed by atoms with Crippen LogP contribution in [0.3, 0.4) is 0 Å². The second kappa shape index (κ2) is 11.0. The van der Waals surface area contributed by atoms with Crippen LogP contribution < -0.4 is 5.32 Å². The number of benzene rings is 1. The number of guanidine groups is 1. The van der Waals surface area contributed by atoms with Crippen LogP contribution in [-0.4, -0.2) is 36.0 Å². The molecule has 23 heavy (non-hydrogen) atoms. The van der Waals surface area contributed by atoms with Crippen molar-refractivity contribution in [1.82, 2.24) is 15.2 Å². The third-order valence-electron chi connectivity index (χ3n) is 3.31. The van der Waals surface area contributed by atoms with Gasteiger partial charge in [-0.1, -0.05) is 36.4 Å². The van der Waals surface area contributed by atoms with Gasteiger partial charge >= 0.3 is 0 Å². The fraction of sp³-hybridized carbons (Fsp3) is 0.333. The lowest BCUT2D eigenvalue weighted by Crippen LogP contribution is -2.38. The minimum Gasteiger partial charge on any atom is -0.357 e. The maximum atomic E-state index is 4.70. The molecule has 0 saturated carbocycles. The molecule has 0 aliphatic carbocycles. The van der Waals surface area contributed by atoms with Crippen LogP contribution in [-0.2, 0) is 13.0 Å². The van der Waals surface area contributed by atoms with E-state index < -0.39 is 0 Å². The summed E-state index contributed by atoms with van der Waals surface area (Å²) < 4.78 is 0. The van der Waals surface area contributed by atoms with E-state index in [1.807, 2.05) is 30.5 Å². The lowest BCUT2D eigenvalue weighted by atomic mass is 10.2. The van der Waals surface area contributed by atoms with Crippen molar-refractivity contribution in [2.45, 2.75) is 19.9 Å². The van der Waals surface area contributed by atoms with Crippen LogP contribution in [0.25, 0.3) is 0 Å². The third-order valence-corrected chi connectivity index (χ3v) is 3.31. The van der Waals surface area contributed by atoms with Gasteiger partial charge in [-0.15, -0.1) is 24.0 Å². The molecule has 0 amide bonds. The predicted octanol–water partition coefficient (Wildman–Crippen LogP) is 3.34. The van der Waals surface area contributed by atoms with Gasteiger partial charge in [-0.2, -0.15) is 0 Å². The number of hydrogen-bond donors (Lipinski definition) is 1. The summed E-state index contributed by atoms with van der Waals surface area (Å²) in [6.07, 6.45) is 2.68. The molecule has 5 heteroatoms. The number of nitrogens with zero attached hydrogens (tertiary/aromatic N) is 3. The molecule has 0 saturated heterocycles. The van der Waals surface area contributed by atoms with Crippen LogP contribution in [0.15, 0.2) is 59.7 Å². The zero-order chi connectivity index (χ0) is 15.6. The Bertz CT molecular complexity index is 572. The molecule has 0 bridgehead atoms. The van der Waals surface area contributed by atoms with E-state index in [1.165, 1.54) is 5.56 Å². The smallest absolute Gasteiger partial charge is 0.193 e. The topological polar surface area (TPSA) is 40.5 Å². The van der Waals surface area contributed by atoms with Crippen LogP contribution in [0.2, 0.25) is 0 Å². The summed E-state index contributed by atoms with van der Waals surface area (Å²) in [5, 5.41) is 3.34. The molecule has 2 rings (SSSR count). The molecular weight excluding hydrogens is 399 g/mol. The molecule has 4 nitrogen and oxygen atoms in total. The second-order valence-corrected chi connectivity index (χ2v) is 5.15. The minimum absolute atomic E-state index is 0. The van der Waals surface area contributed by atoms with E-state index in [0.29, 0.717) is 0 Å². The minimum atomic E-state index is 0. The highest BCUT2D eigenvalue weighted by Crippen LogP contribution is 2.03. The third kappa shape index (κ3) is 6.99. The van der Waals surface area contributed by atoms with Crippen molar-refractivity contribution in [2.24, 2.45) is 4.99 Å². The number of nitrogens with one attached hydrogen (secondary N) is 1. The van der Waals surface area contributed by atoms with Crippen LogP contribution in [0.1, 0.15) is 18.2 Å². The number of rotatable bonds is 6. The molecule has 2 aromatic rings. The number of aromatic nitrogens is 1. The van der Waals surface area contributed by atoms with Crippen LogP contribution in [0, 0.1) is 0 Å². The van der Waals surface area contributed by atoms with E-state index in [-0.39, 0.29) is 24.0 Å². The summed E-state index contributed by atoms with van der Waals surface area (Å²) in [5.74, 6) is 0.933. The van der Waals surface area contributed by atoms with Crippen molar-refractivity contribution in [3.05, 3.63) is 66.0 Å². The summed E-state index contributed by atoms with van der Waals surface area (Å²) in [5.41, 5.74) is 2.35. The molecule has 0 radical (unpaired) electrons. The second-order valence-electron chi connectivity index (χ2n) is 5.15. The van der Waals surface area contributed by atoms with Gasteiger partial charge in [0, 0.05) is 45.0 Å². The molecule has 0 unspecified atom stereocenters. The summed E-state index contributed by atoms with van der Waals surface area (Å²) in [4.78, 5) is 11.2. The number of aliphatic imine (C=N–C) groups is 1. The van der Waals surface area contributed by atoms with E-state index in [9.17, 15) is 0 Å². The maximum absolute atomic E-state index is 4.70. The average molecular weight is 424 g/mol. The first-order chi connectivity index (χ1) is 10.8. The Morgan fingerprint density at radius 3 is 2.52 bits per heavy atom. The van der Waals surface area contributed by atoms with Crippen molar-refractivity contribution < 1.29 is 0 Å². The van der Waals surface area contributed by atoms with Gasteiger partial charge in [-0.25, -0.2) is 0 Å². The highest BCUT2D eigenvalue weighted by Gasteiger charge is 2.06. The van der Waals surface area contributed by atoms with Crippen LogP contribution >= 0.6 is 24.0 Å². The van der Waals surface area contributed by atoms with Crippen molar-refractivity contribution in [3.63, 3.8) is 0 Å². The Balaban J connectivity index is 0.00000264. The van der Waals surface area contributed by atoms with Gasteiger partial charge in [0.15, 0.2) is 5.96 Å². The SMILES string of the molecule is CCNC(=NCCc1ccccn1)N(C)Cc1ccccc1.I. The Morgan fingerprint density at radius 1 is 1.13 bits per heavy atom. The van der Waals surface area contributed by atoms with E-state index >= 15 is 0 Å². The normalized spacial score (nSPS) is 10.8. The summed E-state index contributed by atoms with van der Waals surface area (Å²) in [6.45, 7) is 4.53. The van der Waals surface area contributed by atoms with Crippen molar-refractivity contribution >= 4 is 29.9 Å². The van der Waals surface area contributed by atoms with Gasteiger partial charge in [-0.05, 0) is 24.6 Å². The lowest BCUT2D eigenvalue weighted by molar-refractivity contribution is 0.477. The molecule has 0 aliphatic rings. The van der Waals surface area contributed by atoms with E-state index in [2.05, 4.69) is 53.4 Å². The standard InChI is InChI=1S/C18H24N4.HI/c1-3-19-18(21-14-12-17-11-7-8-13-20-17)22(2)15-16-9-5-4-6-10-16;/h4-11,13H,3,12,14-15H2,1-2H3,(H,19,21);1H. The molecule has 1 N–H and O–H groups in total. The van der Waals surface area contributed by atoms with Gasteiger partial charge < -0.3 is 10.2 Å². The monoisotopic (exact) mass is 424 g/mol. The van der Waals surface area contributed by atoms with Crippen molar-refractivity contribution in [2.75, 3.05) is 20.1 Å². The molecule has 0 atom stereocenters. The molecular formula is C18H25IN4. The van der Waals surface area contributed by atoms with Gasteiger partial charge in [0.25, 0.3) is 0 Å². The van der Waals surface area contributed by atoms with Gasteiger partial charge in [-0.3, -0.25) is 9.98 Å². The fourth-order valence-electron chi connectivity index (χ4n) is 2.22. The molecule has 0 aliphatic heterocycles. The van der Waals surface area contributed by atoms with Crippen molar-refractivity contribution in [3.8, 4) is 0 Å². The maximum Gasteiger partial charge on any atom is 0.193 e. The van der Waals surface area contributed by atoms with E-state index in [4.69, 9.17) is 4.99 Å². The predicted molar refractivity (Wildman–Crippen MR) is 107 cm³/mol. The quantitative estimate of drug-likeness (QED) is 0.440. The highest BCUT2D eigenvalue weighted by atomic mass is 127. The summed E-state index contributed by atoms with van der Waals surface area (Å²) >= 11 is 0. The zero-order valence-electron chi connectivity index (χ0n) is 13.8. The van der Waals surface area contributed by atoms with E-state index in [0.717, 1.165) is 37.7 Å². The first kappa shape index (κ1) is 19.4. The Morgan fingerprint density at radius 2 is 1.87 bits per heavy atom. The first-order valence-electron chi connectivity index (χ1n) is 7.73. The first-order valence-corrected chi connectivity index (χ1v) is 7.73. The largest absolute Gasteiger partial charge is 0.357 e. The molecule has 1 aromatic carbocycles. The molecule has 1 heterocycles. The highest BCUT2D eigenvalue weighted by molar-refractivity contribution is 14.0. The Kier molecular flexibility index (Phi) is 9.28. The number of halogens is 1. The summed E-state index contributed by atoms with van der Waals surface area (Å²) in [6, 6.07) is 16.4. The van der Waals surface area contributed by atoms with Crippen LogP contribution in [0.4, 0.5) is 0 Å². The van der Waals surface area contributed by atoms with E-state index in [1.54, 1.807) is 0 Å². The molecule has 1 aromatic heterocycles. The molecule has 0 spiro atoms. The van der Waals surface area contributed by atoms with Gasteiger partial charge in [0.2, 0.25) is 0 Å². The Hall–Kier alpha value is -1.63. The molecule has 124 valence electrons. The summed E-state index contributed by atoms with van der Waals surface area (Å²) in [7, 11) is 2.06. The number of pyridine rings is 1. The average Bonchev–Trinajstić information content (AvgIpc) is 2.56. The zero-order valence-corrected chi connectivity index (χ0v) is 16.1. The lowest BCUT2D eigenvalue weighted by Gasteiger charge is -2.22. The Labute approximate surface area is 156 Å². The van der Waals surface area contributed by atoms with Crippen molar-refractivity contribution in [1.29, 1.82) is 0 Å². The number of hydrogen-bond acceptors (Lipinski definition) is 2. The van der Waals surface area contributed by atoms with Crippen LogP contribution in [0.5, 0.6) is 0 Å². The van der Waals surface area contributed by atoms with Gasteiger partial charge in [0.1, 0.15) is 0 Å². The molecule has 0 fully saturated rings. The fourth-order valence-corrected chi connectivity index (χ4v) is 2.22.